The molecule has 2 aliphatic heterocycles. The number of benzene rings is 1. The van der Waals surface area contributed by atoms with Crippen LogP contribution in [0, 0.1) is 0 Å². The Kier molecular flexibility index (Phi) is 2.90. The highest BCUT2D eigenvalue weighted by Crippen LogP contribution is 2.29. The zero-order valence-electron chi connectivity index (χ0n) is 10.8. The number of amides is 2. The number of para-hydroxylation sites is 2. The predicted octanol–water partition coefficient (Wildman–Crippen LogP) is -0.334. The highest BCUT2D eigenvalue weighted by molar-refractivity contribution is 6.11. The van der Waals surface area contributed by atoms with Gasteiger partial charge in [0.2, 0.25) is 0 Å². The molecule has 1 atom stereocenters. The molecule has 1 aromatic carbocycles. The Balaban J connectivity index is 2.02. The number of hydrogen-bond acceptors (Lipinski definition) is 6. The molecule has 0 aliphatic carbocycles. The third-order valence-electron chi connectivity index (χ3n) is 3.17. The molecule has 0 saturated carbocycles. The topological polar surface area (TPSA) is 129 Å². The van der Waals surface area contributed by atoms with Gasteiger partial charge in [-0.15, -0.1) is 0 Å². The molecule has 0 radical (unpaired) electrons. The van der Waals surface area contributed by atoms with Gasteiger partial charge in [0.1, 0.15) is 17.6 Å². The van der Waals surface area contributed by atoms with Crippen molar-refractivity contribution < 1.29 is 14.7 Å². The van der Waals surface area contributed by atoms with Crippen molar-refractivity contribution in [2.24, 2.45) is 5.73 Å². The molecule has 21 heavy (non-hydrogen) atoms. The van der Waals surface area contributed by atoms with Gasteiger partial charge in [0.25, 0.3) is 11.8 Å². The first-order valence-corrected chi connectivity index (χ1v) is 6.19. The van der Waals surface area contributed by atoms with E-state index < -0.39 is 17.9 Å². The van der Waals surface area contributed by atoms with Crippen molar-refractivity contribution in [3.8, 4) is 0 Å². The van der Waals surface area contributed by atoms with Gasteiger partial charge in [-0.1, -0.05) is 12.1 Å². The monoisotopic (exact) mass is 287 g/mol. The van der Waals surface area contributed by atoms with Gasteiger partial charge < -0.3 is 21.5 Å². The minimum Gasteiger partial charge on any atom is -0.507 e. The first-order valence-electron chi connectivity index (χ1n) is 6.19. The highest BCUT2D eigenvalue weighted by Gasteiger charge is 2.35. The average molecular weight is 287 g/mol. The van der Waals surface area contributed by atoms with Crippen LogP contribution in [-0.4, -0.2) is 23.0 Å². The summed E-state index contributed by atoms with van der Waals surface area (Å²) in [5, 5.41) is 15.6. The lowest BCUT2D eigenvalue weighted by Crippen LogP contribution is -2.47. The second-order valence-corrected chi connectivity index (χ2v) is 4.59. The van der Waals surface area contributed by atoms with Gasteiger partial charge in [0.05, 0.1) is 16.9 Å². The minimum absolute atomic E-state index is 0.0625. The van der Waals surface area contributed by atoms with Crippen molar-refractivity contribution in [3.63, 3.8) is 0 Å². The molecular formula is C13H13N5O3. The smallest absolute Gasteiger partial charge is 0.271 e. The van der Waals surface area contributed by atoms with E-state index in [9.17, 15) is 14.7 Å². The Morgan fingerprint density at radius 1 is 1.10 bits per heavy atom. The van der Waals surface area contributed by atoms with Crippen LogP contribution in [0.1, 0.15) is 0 Å². The fourth-order valence-electron chi connectivity index (χ4n) is 2.20. The fraction of sp³-hybridized carbons (Fsp3) is 0.0769. The van der Waals surface area contributed by atoms with Crippen LogP contribution in [0.3, 0.4) is 0 Å². The molecule has 0 bridgehead atoms. The number of fused-ring (bicyclic) bond motifs is 1. The van der Waals surface area contributed by atoms with Gasteiger partial charge in [-0.05, 0) is 12.1 Å². The van der Waals surface area contributed by atoms with E-state index in [1.807, 2.05) is 0 Å². The number of hydrogen-bond donors (Lipinski definition) is 6. The van der Waals surface area contributed by atoms with Crippen LogP contribution in [0.25, 0.3) is 0 Å². The molecule has 108 valence electrons. The standard InChI is InChI=1S/C13H13N5O3/c14-9-5-8(19)10(12(20)18-17-9)11-13(21)16-7-4-2-1-3-6(7)15-11/h1-5,11,15,17,19H,14H2,(H,16,21)(H,18,20). The molecule has 8 nitrogen and oxygen atoms in total. The molecule has 2 amide bonds. The summed E-state index contributed by atoms with van der Waals surface area (Å²) in [5.41, 5.74) is 11.4. The third-order valence-corrected chi connectivity index (χ3v) is 3.17. The maximum absolute atomic E-state index is 12.2. The van der Waals surface area contributed by atoms with Gasteiger partial charge in [-0.3, -0.25) is 20.4 Å². The summed E-state index contributed by atoms with van der Waals surface area (Å²) in [7, 11) is 0. The first kappa shape index (κ1) is 12.9. The number of aliphatic hydroxyl groups excluding tert-OH is 1. The maximum Gasteiger partial charge on any atom is 0.271 e. The number of rotatable bonds is 1. The Morgan fingerprint density at radius 3 is 2.57 bits per heavy atom. The molecule has 1 aromatic rings. The van der Waals surface area contributed by atoms with Crippen LogP contribution in [-0.2, 0) is 9.59 Å². The van der Waals surface area contributed by atoms with E-state index in [1.165, 1.54) is 6.08 Å². The second-order valence-electron chi connectivity index (χ2n) is 4.59. The van der Waals surface area contributed by atoms with E-state index in [0.717, 1.165) is 0 Å². The Morgan fingerprint density at radius 2 is 1.81 bits per heavy atom. The number of carbonyl (C=O) groups is 2. The van der Waals surface area contributed by atoms with Crippen molar-refractivity contribution in [1.29, 1.82) is 0 Å². The summed E-state index contributed by atoms with van der Waals surface area (Å²) < 4.78 is 0. The highest BCUT2D eigenvalue weighted by atomic mass is 16.3. The zero-order valence-corrected chi connectivity index (χ0v) is 10.8. The fourth-order valence-corrected chi connectivity index (χ4v) is 2.20. The van der Waals surface area contributed by atoms with Crippen LogP contribution >= 0.6 is 0 Å². The molecule has 3 rings (SSSR count). The SMILES string of the molecule is NC1=CC(O)=C(C2Nc3ccccc3NC2=O)C(=O)NN1. The molecule has 0 saturated heterocycles. The number of carbonyl (C=O) groups excluding carboxylic acids is 2. The summed E-state index contributed by atoms with van der Waals surface area (Å²) in [6.45, 7) is 0. The Bertz CT molecular complexity index is 695. The minimum atomic E-state index is -1.02. The van der Waals surface area contributed by atoms with Crippen molar-refractivity contribution in [2.75, 3.05) is 10.6 Å². The molecule has 2 heterocycles. The normalized spacial score (nSPS) is 21.1. The van der Waals surface area contributed by atoms with Crippen LogP contribution in [0.2, 0.25) is 0 Å². The molecule has 0 fully saturated rings. The Hall–Kier alpha value is -3.16. The van der Waals surface area contributed by atoms with Crippen molar-refractivity contribution >= 4 is 23.2 Å². The number of nitrogens with one attached hydrogen (secondary N) is 4. The van der Waals surface area contributed by atoms with Crippen molar-refractivity contribution in [1.82, 2.24) is 10.9 Å². The summed E-state index contributed by atoms with van der Waals surface area (Å²) in [6, 6.07) is 6.04. The number of aliphatic hydroxyl groups is 1. The van der Waals surface area contributed by atoms with Gasteiger partial charge in [0, 0.05) is 6.08 Å². The van der Waals surface area contributed by atoms with E-state index in [-0.39, 0.29) is 17.2 Å². The maximum atomic E-state index is 12.2. The lowest BCUT2D eigenvalue weighted by atomic mass is 10.0. The van der Waals surface area contributed by atoms with Gasteiger partial charge in [0.15, 0.2) is 0 Å². The molecule has 1 unspecified atom stereocenters. The average Bonchev–Trinajstić information content (AvgIpc) is 2.57. The second kappa shape index (κ2) is 4.75. The number of nitrogens with two attached hydrogens (primary N) is 1. The summed E-state index contributed by atoms with van der Waals surface area (Å²) in [6.07, 6.45) is 1.17. The molecular weight excluding hydrogens is 274 g/mol. The van der Waals surface area contributed by atoms with Crippen molar-refractivity contribution in [2.45, 2.75) is 6.04 Å². The first-order chi connectivity index (χ1) is 10.1. The van der Waals surface area contributed by atoms with Crippen LogP contribution < -0.4 is 27.2 Å². The number of anilines is 2. The summed E-state index contributed by atoms with van der Waals surface area (Å²) >= 11 is 0. The van der Waals surface area contributed by atoms with E-state index in [1.54, 1.807) is 24.3 Å². The van der Waals surface area contributed by atoms with E-state index >= 15 is 0 Å². The van der Waals surface area contributed by atoms with Gasteiger partial charge >= 0.3 is 0 Å². The van der Waals surface area contributed by atoms with Crippen LogP contribution in [0.4, 0.5) is 11.4 Å². The van der Waals surface area contributed by atoms with Crippen molar-refractivity contribution in [3.05, 3.63) is 47.5 Å². The number of hydrazine groups is 1. The van der Waals surface area contributed by atoms with Crippen LogP contribution in [0.5, 0.6) is 0 Å². The lowest BCUT2D eigenvalue weighted by molar-refractivity contribution is -0.121. The zero-order chi connectivity index (χ0) is 15.0. The Labute approximate surface area is 119 Å². The molecule has 0 aromatic heterocycles. The van der Waals surface area contributed by atoms with Gasteiger partial charge in [-0.25, -0.2) is 0 Å². The summed E-state index contributed by atoms with van der Waals surface area (Å²) in [5.74, 6) is -1.40. The lowest BCUT2D eigenvalue weighted by Gasteiger charge is -2.27. The van der Waals surface area contributed by atoms with E-state index in [0.29, 0.717) is 11.4 Å². The van der Waals surface area contributed by atoms with Gasteiger partial charge in [-0.2, -0.15) is 0 Å². The van der Waals surface area contributed by atoms with E-state index in [4.69, 9.17) is 5.73 Å². The molecule has 7 N–H and O–H groups in total. The molecule has 2 aliphatic rings. The molecule has 8 heteroatoms. The number of allylic oxidation sites excluding steroid dienone is 1. The quantitative estimate of drug-likeness (QED) is 0.419. The molecule has 0 spiro atoms. The van der Waals surface area contributed by atoms with Crippen LogP contribution in [0.15, 0.2) is 47.5 Å². The summed E-state index contributed by atoms with van der Waals surface area (Å²) in [4.78, 5) is 24.2. The predicted molar refractivity (Wildman–Crippen MR) is 75.7 cm³/mol. The third kappa shape index (κ3) is 2.22. The largest absolute Gasteiger partial charge is 0.507 e. The van der Waals surface area contributed by atoms with E-state index in [2.05, 4.69) is 21.5 Å².